The lowest BCUT2D eigenvalue weighted by Gasteiger charge is -2.32. The highest BCUT2D eigenvalue weighted by atomic mass is 19.4. The van der Waals surface area contributed by atoms with Gasteiger partial charge in [-0.15, -0.1) is 10.2 Å². The minimum atomic E-state index is -4.53. The Hall–Kier alpha value is -2.88. The predicted octanol–water partition coefficient (Wildman–Crippen LogP) is 2.72. The van der Waals surface area contributed by atoms with Crippen LogP contribution in [0.2, 0.25) is 0 Å². The summed E-state index contributed by atoms with van der Waals surface area (Å²) in [5.41, 5.74) is 6.95. The van der Waals surface area contributed by atoms with Gasteiger partial charge in [0.15, 0.2) is 5.82 Å². The number of likely N-dealkylation sites (tertiary alicyclic amines) is 1. The van der Waals surface area contributed by atoms with Crippen molar-refractivity contribution in [3.05, 3.63) is 34.9 Å². The molecule has 1 fully saturated rings. The van der Waals surface area contributed by atoms with Gasteiger partial charge in [0.1, 0.15) is 11.4 Å². The molecule has 10 heteroatoms. The number of halogens is 3. The number of aromatic hydroxyl groups is 1. The second-order valence-electron chi connectivity index (χ2n) is 8.12. The van der Waals surface area contributed by atoms with Crippen LogP contribution in [0.25, 0.3) is 11.3 Å². The lowest BCUT2D eigenvalue weighted by atomic mass is 10.0. The van der Waals surface area contributed by atoms with Crippen molar-refractivity contribution in [3.8, 4) is 17.0 Å². The number of hydrogen-bond acceptors (Lipinski definition) is 6. The molecule has 0 saturated carbocycles. The van der Waals surface area contributed by atoms with Crippen molar-refractivity contribution in [3.63, 3.8) is 0 Å². The number of rotatable bonds is 5. The number of fused-ring (bicyclic) bond motifs is 1. The second kappa shape index (κ2) is 8.33. The van der Waals surface area contributed by atoms with E-state index < -0.39 is 17.5 Å². The summed E-state index contributed by atoms with van der Waals surface area (Å²) in [6.07, 6.45) is -0.303. The average molecular weight is 435 g/mol. The molecule has 7 nitrogen and oxygen atoms in total. The molecule has 0 radical (unpaired) electrons. The van der Waals surface area contributed by atoms with Crippen LogP contribution >= 0.6 is 0 Å². The first kappa shape index (κ1) is 21.4. The lowest BCUT2D eigenvalue weighted by molar-refractivity contribution is -0.137. The van der Waals surface area contributed by atoms with Gasteiger partial charge in [0, 0.05) is 23.7 Å². The number of carbonyl (C=O) groups is 1. The van der Waals surface area contributed by atoms with E-state index in [0.717, 1.165) is 55.5 Å². The number of primary amides is 1. The molecule has 1 saturated heterocycles. The lowest BCUT2D eigenvalue weighted by Crippen LogP contribution is -2.45. The minimum absolute atomic E-state index is 0.0948. The van der Waals surface area contributed by atoms with Crippen LogP contribution in [-0.2, 0) is 23.8 Å². The number of nitrogens with two attached hydrogens (primary N) is 1. The van der Waals surface area contributed by atoms with Crippen LogP contribution in [-0.4, -0.2) is 51.8 Å². The molecule has 1 aromatic carbocycles. The van der Waals surface area contributed by atoms with Crippen molar-refractivity contribution < 1.29 is 23.1 Å². The molecule has 1 atom stereocenters. The summed E-state index contributed by atoms with van der Waals surface area (Å²) in [5.74, 6) is -0.163. The Morgan fingerprint density at radius 3 is 2.71 bits per heavy atom. The molecule has 0 unspecified atom stereocenters. The fraction of sp³-hybridized carbons (Fsp3) is 0.476. The van der Waals surface area contributed by atoms with E-state index in [1.54, 1.807) is 0 Å². The van der Waals surface area contributed by atoms with E-state index >= 15 is 0 Å². The Bertz CT molecular complexity index is 996. The summed E-state index contributed by atoms with van der Waals surface area (Å²) in [4.78, 5) is 13.2. The molecule has 1 aromatic heterocycles. The van der Waals surface area contributed by atoms with Gasteiger partial charge in [-0.25, -0.2) is 0 Å². The number of piperidine rings is 1. The molecule has 166 valence electrons. The fourth-order valence-corrected chi connectivity index (χ4v) is 4.46. The van der Waals surface area contributed by atoms with Crippen molar-refractivity contribution in [2.75, 3.05) is 25.0 Å². The molecule has 0 bridgehead atoms. The Balaban J connectivity index is 1.59. The molecular formula is C21H24F3N5O2. The first-order chi connectivity index (χ1) is 14.7. The van der Waals surface area contributed by atoms with Crippen LogP contribution in [0.3, 0.4) is 0 Å². The number of hydrogen-bond donors (Lipinski definition) is 3. The largest absolute Gasteiger partial charge is 0.507 e. The normalized spacial score (nSPS) is 19.3. The van der Waals surface area contributed by atoms with E-state index in [1.807, 2.05) is 4.90 Å². The van der Waals surface area contributed by atoms with Gasteiger partial charge in [-0.05, 0) is 62.4 Å². The Morgan fingerprint density at radius 1 is 1.23 bits per heavy atom. The topological polar surface area (TPSA) is 104 Å². The third-order valence-electron chi connectivity index (χ3n) is 5.85. The molecule has 0 spiro atoms. The fourth-order valence-electron chi connectivity index (χ4n) is 4.46. The molecule has 4 rings (SSSR count). The second-order valence-corrected chi connectivity index (χ2v) is 8.12. The van der Waals surface area contributed by atoms with Gasteiger partial charge in [0.25, 0.3) is 0 Å². The maximum absolute atomic E-state index is 12.9. The maximum atomic E-state index is 12.9. The van der Waals surface area contributed by atoms with E-state index in [-0.39, 0.29) is 24.1 Å². The van der Waals surface area contributed by atoms with E-state index in [4.69, 9.17) is 5.73 Å². The zero-order valence-electron chi connectivity index (χ0n) is 16.9. The van der Waals surface area contributed by atoms with Crippen molar-refractivity contribution in [2.24, 2.45) is 5.73 Å². The van der Waals surface area contributed by atoms with E-state index in [9.17, 15) is 23.1 Å². The number of carbonyl (C=O) groups excluding carboxylic acids is 1. The summed E-state index contributed by atoms with van der Waals surface area (Å²) in [7, 11) is 0. The van der Waals surface area contributed by atoms with Crippen LogP contribution in [0.5, 0.6) is 5.75 Å². The third kappa shape index (κ3) is 4.58. The first-order valence-electron chi connectivity index (χ1n) is 10.3. The number of nitrogens with zero attached hydrogens (tertiary/aromatic N) is 3. The highest BCUT2D eigenvalue weighted by molar-refractivity contribution is 5.76. The Kier molecular flexibility index (Phi) is 5.74. The van der Waals surface area contributed by atoms with Crippen molar-refractivity contribution >= 4 is 11.7 Å². The molecule has 1 aliphatic heterocycles. The van der Waals surface area contributed by atoms with Gasteiger partial charge >= 0.3 is 6.18 Å². The van der Waals surface area contributed by atoms with Crippen LogP contribution < -0.4 is 11.1 Å². The average Bonchev–Trinajstić information content (AvgIpc) is 3.18. The van der Waals surface area contributed by atoms with Crippen LogP contribution in [0.4, 0.5) is 19.0 Å². The van der Waals surface area contributed by atoms with Gasteiger partial charge in [-0.1, -0.05) is 0 Å². The number of amides is 1. The Morgan fingerprint density at radius 2 is 2.00 bits per heavy atom. The molecule has 2 aromatic rings. The molecule has 1 aliphatic carbocycles. The number of benzene rings is 1. The van der Waals surface area contributed by atoms with Crippen molar-refractivity contribution in [2.45, 2.75) is 44.3 Å². The summed E-state index contributed by atoms with van der Waals surface area (Å²) in [6, 6.07) is 3.01. The van der Waals surface area contributed by atoms with Crippen molar-refractivity contribution in [1.29, 1.82) is 0 Å². The highest BCUT2D eigenvalue weighted by Gasteiger charge is 2.32. The zero-order chi connectivity index (χ0) is 22.2. The molecule has 4 N–H and O–H groups in total. The summed E-state index contributed by atoms with van der Waals surface area (Å²) < 4.78 is 38.8. The quantitative estimate of drug-likeness (QED) is 0.667. The van der Waals surface area contributed by atoms with Gasteiger partial charge in [0.05, 0.1) is 12.1 Å². The highest BCUT2D eigenvalue weighted by Crippen LogP contribution is 2.40. The SMILES string of the molecule is NC(=O)CN1CCC[C@@H](Nc2nnc(-c3ccc(C(F)(F)F)cc3O)c3c2CCC3)C1. The number of nitrogens with one attached hydrogen (secondary N) is 1. The van der Waals surface area contributed by atoms with Crippen molar-refractivity contribution in [1.82, 2.24) is 15.1 Å². The molecule has 2 heterocycles. The molecule has 1 amide bonds. The summed E-state index contributed by atoms with van der Waals surface area (Å²) >= 11 is 0. The number of phenolic OH excluding ortho intramolecular Hbond substituents is 1. The number of anilines is 1. The van der Waals surface area contributed by atoms with Crippen LogP contribution in [0.1, 0.15) is 36.0 Å². The smallest absolute Gasteiger partial charge is 0.416 e. The molecule has 2 aliphatic rings. The van der Waals surface area contributed by atoms with Crippen LogP contribution in [0.15, 0.2) is 18.2 Å². The summed E-state index contributed by atoms with van der Waals surface area (Å²) in [5, 5.41) is 22.3. The minimum Gasteiger partial charge on any atom is -0.507 e. The number of phenols is 1. The maximum Gasteiger partial charge on any atom is 0.416 e. The van der Waals surface area contributed by atoms with E-state index in [1.165, 1.54) is 6.07 Å². The third-order valence-corrected chi connectivity index (χ3v) is 5.85. The molecular weight excluding hydrogens is 411 g/mol. The first-order valence-corrected chi connectivity index (χ1v) is 10.3. The summed E-state index contributed by atoms with van der Waals surface area (Å²) in [6.45, 7) is 1.70. The van der Waals surface area contributed by atoms with Gasteiger partial charge in [-0.3, -0.25) is 9.69 Å². The zero-order valence-corrected chi connectivity index (χ0v) is 16.9. The van der Waals surface area contributed by atoms with Gasteiger partial charge in [0.2, 0.25) is 5.91 Å². The van der Waals surface area contributed by atoms with E-state index in [2.05, 4.69) is 15.5 Å². The number of aromatic nitrogens is 2. The standard InChI is InChI=1S/C21H24F3N5O2/c22-21(23,24)12-6-7-16(17(30)9-12)19-14-4-1-5-15(14)20(28-27-19)26-13-3-2-8-29(10-13)11-18(25)31/h6-7,9,13,30H,1-5,8,10-11H2,(H2,25,31)(H,26,28)/t13-/m1/s1. The molecule has 31 heavy (non-hydrogen) atoms. The monoisotopic (exact) mass is 435 g/mol. The van der Waals surface area contributed by atoms with Crippen LogP contribution in [0, 0.1) is 0 Å². The Labute approximate surface area is 177 Å². The van der Waals surface area contributed by atoms with E-state index in [0.29, 0.717) is 24.5 Å². The number of alkyl halides is 3. The van der Waals surface area contributed by atoms with Gasteiger partial charge in [-0.2, -0.15) is 13.2 Å². The predicted molar refractivity (Wildman–Crippen MR) is 108 cm³/mol. The van der Waals surface area contributed by atoms with Gasteiger partial charge < -0.3 is 16.2 Å².